The summed E-state index contributed by atoms with van der Waals surface area (Å²) < 4.78 is 0. The molecule has 0 aliphatic heterocycles. The normalized spacial score (nSPS) is 18.4. The van der Waals surface area contributed by atoms with Gasteiger partial charge >= 0.3 is 0 Å². The van der Waals surface area contributed by atoms with E-state index in [1.807, 2.05) is 30.5 Å². The van der Waals surface area contributed by atoms with E-state index >= 15 is 0 Å². The van der Waals surface area contributed by atoms with Crippen LogP contribution in [0.25, 0.3) is 10.9 Å². The largest absolute Gasteiger partial charge is 0.361 e. The molecule has 1 saturated carbocycles. The molecule has 0 spiro atoms. The number of H-pyrrole nitrogens is 1. The topological polar surface area (TPSA) is 44.9 Å². The van der Waals surface area contributed by atoms with Gasteiger partial charge in [0, 0.05) is 17.1 Å². The molecule has 3 rings (SSSR count). The quantitative estimate of drug-likeness (QED) is 0.847. The van der Waals surface area contributed by atoms with Gasteiger partial charge in [0.1, 0.15) is 0 Å². The van der Waals surface area contributed by atoms with E-state index in [-0.39, 0.29) is 11.4 Å². The van der Waals surface area contributed by atoms with Crippen molar-refractivity contribution in [3.05, 3.63) is 36.0 Å². The van der Waals surface area contributed by atoms with Gasteiger partial charge in [-0.05, 0) is 31.9 Å². The number of carbonyl (C=O) groups is 1. The van der Waals surface area contributed by atoms with Crippen molar-refractivity contribution in [2.24, 2.45) is 0 Å². The molecule has 1 aromatic heterocycles. The van der Waals surface area contributed by atoms with Gasteiger partial charge in [-0.1, -0.05) is 31.4 Å². The van der Waals surface area contributed by atoms with E-state index in [4.69, 9.17) is 0 Å². The van der Waals surface area contributed by atoms with E-state index in [1.54, 1.807) is 0 Å². The lowest BCUT2D eigenvalue weighted by molar-refractivity contribution is 0.0884. The van der Waals surface area contributed by atoms with E-state index in [9.17, 15) is 4.79 Å². The maximum atomic E-state index is 12.5. The average Bonchev–Trinajstić information content (AvgIpc) is 2.86. The van der Waals surface area contributed by atoms with Crippen LogP contribution in [0.1, 0.15) is 49.4 Å². The Bertz CT molecular complexity index is 594. The average molecular weight is 256 g/mol. The van der Waals surface area contributed by atoms with Gasteiger partial charge in [-0.15, -0.1) is 0 Å². The number of aromatic nitrogens is 1. The zero-order valence-electron chi connectivity index (χ0n) is 11.3. The van der Waals surface area contributed by atoms with Gasteiger partial charge in [0.05, 0.1) is 11.1 Å². The molecule has 1 heterocycles. The van der Waals surface area contributed by atoms with Crippen LogP contribution in [-0.4, -0.2) is 16.4 Å². The van der Waals surface area contributed by atoms with Crippen LogP contribution < -0.4 is 5.32 Å². The van der Waals surface area contributed by atoms with E-state index in [0.717, 1.165) is 29.3 Å². The number of para-hydroxylation sites is 1. The summed E-state index contributed by atoms with van der Waals surface area (Å²) in [7, 11) is 0. The van der Waals surface area contributed by atoms with Crippen LogP contribution >= 0.6 is 0 Å². The van der Waals surface area contributed by atoms with Crippen molar-refractivity contribution >= 4 is 16.8 Å². The summed E-state index contributed by atoms with van der Waals surface area (Å²) in [6.07, 6.45) is 7.76. The molecule has 3 heteroatoms. The van der Waals surface area contributed by atoms with Crippen LogP contribution in [0.5, 0.6) is 0 Å². The summed E-state index contributed by atoms with van der Waals surface area (Å²) in [5.74, 6) is 0.0393. The zero-order valence-corrected chi connectivity index (χ0v) is 11.3. The third kappa shape index (κ3) is 2.37. The fraction of sp³-hybridized carbons (Fsp3) is 0.438. The maximum Gasteiger partial charge on any atom is 0.253 e. The molecule has 100 valence electrons. The van der Waals surface area contributed by atoms with E-state index < -0.39 is 0 Å². The fourth-order valence-electron chi connectivity index (χ4n) is 3.07. The predicted octanol–water partition coefficient (Wildman–Crippen LogP) is 3.62. The minimum Gasteiger partial charge on any atom is -0.361 e. The lowest BCUT2D eigenvalue weighted by atomic mass is 9.83. The van der Waals surface area contributed by atoms with Crippen LogP contribution in [0.2, 0.25) is 0 Å². The molecule has 2 N–H and O–H groups in total. The van der Waals surface area contributed by atoms with Crippen LogP contribution in [0, 0.1) is 0 Å². The number of amides is 1. The highest BCUT2D eigenvalue weighted by Crippen LogP contribution is 2.28. The third-order valence-corrected chi connectivity index (χ3v) is 4.20. The first-order valence-electron chi connectivity index (χ1n) is 7.07. The number of fused-ring (bicyclic) bond motifs is 1. The highest BCUT2D eigenvalue weighted by atomic mass is 16.1. The number of nitrogens with one attached hydrogen (secondary N) is 2. The number of rotatable bonds is 2. The van der Waals surface area contributed by atoms with Gasteiger partial charge in [0.25, 0.3) is 5.91 Å². The third-order valence-electron chi connectivity index (χ3n) is 4.20. The van der Waals surface area contributed by atoms with E-state index in [1.165, 1.54) is 19.3 Å². The summed E-state index contributed by atoms with van der Waals surface area (Å²) in [6, 6.07) is 7.84. The number of hydrogen-bond acceptors (Lipinski definition) is 1. The Labute approximate surface area is 113 Å². The highest BCUT2D eigenvalue weighted by Gasteiger charge is 2.29. The molecule has 1 aliphatic rings. The molecule has 0 atom stereocenters. The van der Waals surface area contributed by atoms with Crippen molar-refractivity contribution in [1.29, 1.82) is 0 Å². The molecular formula is C16H20N2O. The number of aromatic amines is 1. The molecule has 1 aromatic carbocycles. The first-order valence-corrected chi connectivity index (χ1v) is 7.07. The molecule has 19 heavy (non-hydrogen) atoms. The van der Waals surface area contributed by atoms with Gasteiger partial charge < -0.3 is 10.3 Å². The minimum absolute atomic E-state index is 0.0376. The Kier molecular flexibility index (Phi) is 3.05. The van der Waals surface area contributed by atoms with Gasteiger partial charge in [0.15, 0.2) is 0 Å². The lowest BCUT2D eigenvalue weighted by Crippen LogP contribution is -2.47. The SMILES string of the molecule is CC1(NC(=O)c2cccc3cc[nH]c23)CCCCC1. The first-order chi connectivity index (χ1) is 9.18. The van der Waals surface area contributed by atoms with E-state index in [0.29, 0.717) is 0 Å². The Morgan fingerprint density at radius 1 is 1.21 bits per heavy atom. The summed E-state index contributed by atoms with van der Waals surface area (Å²) >= 11 is 0. The molecule has 0 unspecified atom stereocenters. The second-order valence-corrected chi connectivity index (χ2v) is 5.82. The monoisotopic (exact) mass is 256 g/mol. The Hall–Kier alpha value is -1.77. The molecule has 3 nitrogen and oxygen atoms in total. The van der Waals surface area contributed by atoms with Crippen molar-refractivity contribution in [3.63, 3.8) is 0 Å². The minimum atomic E-state index is -0.0376. The molecule has 0 bridgehead atoms. The smallest absolute Gasteiger partial charge is 0.253 e. The molecule has 1 fully saturated rings. The van der Waals surface area contributed by atoms with Crippen molar-refractivity contribution in [2.75, 3.05) is 0 Å². The number of hydrogen-bond donors (Lipinski definition) is 2. The molecule has 1 aliphatic carbocycles. The standard InChI is InChI=1S/C16H20N2O/c1-16(9-3-2-4-10-16)18-15(19)13-7-5-6-12-8-11-17-14(12)13/h5-8,11,17H,2-4,9-10H2,1H3,(H,18,19). The van der Waals surface area contributed by atoms with Crippen molar-refractivity contribution < 1.29 is 4.79 Å². The van der Waals surface area contributed by atoms with Crippen LogP contribution in [0.3, 0.4) is 0 Å². The van der Waals surface area contributed by atoms with Crippen molar-refractivity contribution in [2.45, 2.75) is 44.6 Å². The Balaban J connectivity index is 1.85. The molecule has 0 radical (unpaired) electrons. The molecular weight excluding hydrogens is 236 g/mol. The van der Waals surface area contributed by atoms with Crippen molar-refractivity contribution in [3.8, 4) is 0 Å². The Morgan fingerprint density at radius 2 is 2.00 bits per heavy atom. The second-order valence-electron chi connectivity index (χ2n) is 5.82. The summed E-state index contributed by atoms with van der Waals surface area (Å²) in [5.41, 5.74) is 1.64. The zero-order chi connectivity index (χ0) is 13.3. The summed E-state index contributed by atoms with van der Waals surface area (Å²) in [6.45, 7) is 2.17. The van der Waals surface area contributed by atoms with Gasteiger partial charge in [-0.2, -0.15) is 0 Å². The molecule has 1 amide bonds. The second kappa shape index (κ2) is 4.72. The van der Waals surface area contributed by atoms with Crippen LogP contribution in [-0.2, 0) is 0 Å². The van der Waals surface area contributed by atoms with Gasteiger partial charge in [-0.25, -0.2) is 0 Å². The van der Waals surface area contributed by atoms with Gasteiger partial charge in [-0.3, -0.25) is 4.79 Å². The number of benzene rings is 1. The lowest BCUT2D eigenvalue weighted by Gasteiger charge is -2.34. The molecule has 0 saturated heterocycles. The summed E-state index contributed by atoms with van der Waals surface area (Å²) in [4.78, 5) is 15.7. The first kappa shape index (κ1) is 12.3. The fourth-order valence-corrected chi connectivity index (χ4v) is 3.07. The Morgan fingerprint density at radius 3 is 2.79 bits per heavy atom. The molecule has 2 aromatic rings. The van der Waals surface area contributed by atoms with Crippen LogP contribution in [0.15, 0.2) is 30.5 Å². The van der Waals surface area contributed by atoms with Crippen molar-refractivity contribution in [1.82, 2.24) is 10.3 Å². The predicted molar refractivity (Wildman–Crippen MR) is 77.3 cm³/mol. The van der Waals surface area contributed by atoms with Crippen LogP contribution in [0.4, 0.5) is 0 Å². The number of carbonyl (C=O) groups excluding carboxylic acids is 1. The van der Waals surface area contributed by atoms with Gasteiger partial charge in [0.2, 0.25) is 0 Å². The highest BCUT2D eigenvalue weighted by molar-refractivity contribution is 6.05. The summed E-state index contributed by atoms with van der Waals surface area (Å²) in [5, 5.41) is 4.32. The van der Waals surface area contributed by atoms with E-state index in [2.05, 4.69) is 17.2 Å². The maximum absolute atomic E-state index is 12.5.